The van der Waals surface area contributed by atoms with Crippen molar-refractivity contribution in [2.24, 2.45) is 5.92 Å². The molecule has 1 aromatic heterocycles. The molecule has 1 saturated heterocycles. The maximum atomic E-state index is 13.9. The van der Waals surface area contributed by atoms with Gasteiger partial charge in [0.05, 0.1) is 6.04 Å². The predicted molar refractivity (Wildman–Crippen MR) is 136 cm³/mol. The molecule has 2 N–H and O–H groups in total. The molecule has 0 bridgehead atoms. The Kier molecular flexibility index (Phi) is 7.36. The Balaban J connectivity index is 1.74. The van der Waals surface area contributed by atoms with E-state index in [1.54, 1.807) is 17.3 Å². The summed E-state index contributed by atoms with van der Waals surface area (Å²) in [7, 11) is 0. The summed E-state index contributed by atoms with van der Waals surface area (Å²) in [6.45, 7) is 9.38. The number of hydrogen-bond donors (Lipinski definition) is 2. The van der Waals surface area contributed by atoms with Gasteiger partial charge in [-0.05, 0) is 47.9 Å². The quantitative estimate of drug-likeness (QED) is 0.662. The molecule has 2 heterocycles. The van der Waals surface area contributed by atoms with Crippen molar-refractivity contribution < 1.29 is 9.59 Å². The molecule has 1 saturated carbocycles. The highest BCUT2D eigenvalue weighted by Crippen LogP contribution is 2.33. The predicted octanol–water partition coefficient (Wildman–Crippen LogP) is 4.51. The van der Waals surface area contributed by atoms with Gasteiger partial charge in [-0.15, -0.1) is 0 Å². The largest absolute Gasteiger partial charge is 0.351 e. The minimum atomic E-state index is -0.779. The fraction of sp³-hybridized carbons (Fsp3) is 0.536. The molecule has 0 spiro atoms. The Hall–Kier alpha value is -2.73. The van der Waals surface area contributed by atoms with E-state index in [1.807, 2.05) is 24.3 Å². The van der Waals surface area contributed by atoms with Gasteiger partial charge in [0, 0.05) is 36.2 Å². The fourth-order valence-electron chi connectivity index (χ4n) is 4.96. The zero-order chi connectivity index (χ0) is 24.3. The third-order valence-corrected chi connectivity index (χ3v) is 7.20. The van der Waals surface area contributed by atoms with Crippen LogP contribution in [0.25, 0.3) is 0 Å². The van der Waals surface area contributed by atoms with Crippen LogP contribution in [0, 0.1) is 5.92 Å². The molecular formula is C28H38N4O2. The summed E-state index contributed by atoms with van der Waals surface area (Å²) in [5, 5.41) is 6.53. The first-order chi connectivity index (χ1) is 16.3. The standard InChI is InChI=1S/C28H38N4O2/c1-19-17-30-24(19)27(34)32(23-14-12-21(13-15-23)28(2,3)4)25(20-9-8-16-29-18-20)26(33)31-22-10-6-5-7-11-22/h8-9,12-16,18-19,22,24-25,30H,5-7,10-11,17H2,1-4H3,(H,31,33). The Morgan fingerprint density at radius 3 is 2.32 bits per heavy atom. The molecule has 34 heavy (non-hydrogen) atoms. The van der Waals surface area contributed by atoms with Crippen LogP contribution in [-0.4, -0.2) is 35.4 Å². The molecule has 2 aliphatic rings. The maximum Gasteiger partial charge on any atom is 0.248 e. The molecule has 6 nitrogen and oxygen atoms in total. The number of hydrogen-bond acceptors (Lipinski definition) is 4. The molecule has 182 valence electrons. The molecule has 3 atom stereocenters. The van der Waals surface area contributed by atoms with Crippen molar-refractivity contribution in [2.75, 3.05) is 11.4 Å². The number of carbonyl (C=O) groups is 2. The monoisotopic (exact) mass is 462 g/mol. The lowest BCUT2D eigenvalue weighted by Gasteiger charge is -2.41. The topological polar surface area (TPSA) is 74.3 Å². The normalized spacial score (nSPS) is 21.9. The maximum absolute atomic E-state index is 13.9. The lowest BCUT2D eigenvalue weighted by atomic mass is 9.86. The van der Waals surface area contributed by atoms with E-state index in [0.29, 0.717) is 0 Å². The van der Waals surface area contributed by atoms with Gasteiger partial charge in [-0.1, -0.05) is 65.2 Å². The van der Waals surface area contributed by atoms with Crippen molar-refractivity contribution in [3.8, 4) is 0 Å². The molecule has 1 aliphatic heterocycles. The van der Waals surface area contributed by atoms with Crippen LogP contribution < -0.4 is 15.5 Å². The number of anilines is 1. The zero-order valence-corrected chi connectivity index (χ0v) is 20.9. The lowest BCUT2D eigenvalue weighted by molar-refractivity contribution is -0.129. The van der Waals surface area contributed by atoms with Crippen LogP contribution in [0.1, 0.15) is 77.0 Å². The van der Waals surface area contributed by atoms with Gasteiger partial charge >= 0.3 is 0 Å². The average Bonchev–Trinajstić information content (AvgIpc) is 2.82. The molecule has 2 amide bonds. The van der Waals surface area contributed by atoms with E-state index in [4.69, 9.17) is 0 Å². The van der Waals surface area contributed by atoms with E-state index in [0.717, 1.165) is 43.5 Å². The van der Waals surface area contributed by atoms with E-state index >= 15 is 0 Å². The van der Waals surface area contributed by atoms with Crippen LogP contribution in [-0.2, 0) is 15.0 Å². The van der Waals surface area contributed by atoms with Crippen LogP contribution in [0.5, 0.6) is 0 Å². The van der Waals surface area contributed by atoms with E-state index in [9.17, 15) is 9.59 Å². The van der Waals surface area contributed by atoms with Crippen LogP contribution in [0.2, 0.25) is 0 Å². The second-order valence-corrected chi connectivity index (χ2v) is 10.9. The zero-order valence-electron chi connectivity index (χ0n) is 20.9. The molecule has 1 aromatic carbocycles. The summed E-state index contributed by atoms with van der Waals surface area (Å²) < 4.78 is 0. The van der Waals surface area contributed by atoms with E-state index in [1.165, 1.54) is 12.0 Å². The number of rotatable bonds is 6. The smallest absolute Gasteiger partial charge is 0.248 e. The van der Waals surface area contributed by atoms with Gasteiger partial charge in [0.25, 0.3) is 0 Å². The Morgan fingerprint density at radius 1 is 1.09 bits per heavy atom. The molecule has 2 fully saturated rings. The Morgan fingerprint density at radius 2 is 1.79 bits per heavy atom. The first-order valence-electron chi connectivity index (χ1n) is 12.6. The van der Waals surface area contributed by atoms with Gasteiger partial charge in [0.2, 0.25) is 11.8 Å². The number of amides is 2. The molecular weight excluding hydrogens is 424 g/mol. The van der Waals surface area contributed by atoms with Crippen molar-refractivity contribution in [3.05, 3.63) is 59.9 Å². The number of pyridine rings is 1. The highest BCUT2D eigenvalue weighted by molar-refractivity contribution is 6.04. The lowest BCUT2D eigenvalue weighted by Crippen LogP contribution is -2.62. The summed E-state index contributed by atoms with van der Waals surface area (Å²) in [6.07, 6.45) is 8.84. The van der Waals surface area contributed by atoms with Crippen LogP contribution in [0.15, 0.2) is 48.8 Å². The van der Waals surface area contributed by atoms with Gasteiger partial charge < -0.3 is 10.6 Å². The summed E-state index contributed by atoms with van der Waals surface area (Å²) in [5.41, 5.74) is 2.63. The van der Waals surface area contributed by atoms with Gasteiger partial charge in [0.15, 0.2) is 0 Å². The van der Waals surface area contributed by atoms with Crippen LogP contribution in [0.4, 0.5) is 5.69 Å². The number of aromatic nitrogens is 1. The van der Waals surface area contributed by atoms with Crippen molar-refractivity contribution in [2.45, 2.75) is 83.3 Å². The fourth-order valence-corrected chi connectivity index (χ4v) is 4.96. The summed E-state index contributed by atoms with van der Waals surface area (Å²) >= 11 is 0. The molecule has 6 heteroatoms. The number of nitrogens with one attached hydrogen (secondary N) is 2. The van der Waals surface area contributed by atoms with Gasteiger partial charge in [0.1, 0.15) is 6.04 Å². The van der Waals surface area contributed by atoms with Gasteiger partial charge in [-0.3, -0.25) is 19.5 Å². The Bertz CT molecular complexity index is 978. The van der Waals surface area contributed by atoms with Gasteiger partial charge in [-0.2, -0.15) is 0 Å². The highest BCUT2D eigenvalue weighted by atomic mass is 16.2. The van der Waals surface area contributed by atoms with Crippen LogP contribution in [0.3, 0.4) is 0 Å². The third-order valence-electron chi connectivity index (χ3n) is 7.20. The van der Waals surface area contributed by atoms with Crippen LogP contribution >= 0.6 is 0 Å². The van der Waals surface area contributed by atoms with Crippen molar-refractivity contribution in [1.29, 1.82) is 0 Å². The molecule has 0 radical (unpaired) electrons. The minimum absolute atomic E-state index is 0.00147. The average molecular weight is 463 g/mol. The summed E-state index contributed by atoms with van der Waals surface area (Å²) in [5.74, 6) is 0.00910. The first-order valence-corrected chi connectivity index (χ1v) is 12.6. The van der Waals surface area contributed by atoms with Crippen molar-refractivity contribution in [3.63, 3.8) is 0 Å². The summed E-state index contributed by atoms with van der Waals surface area (Å²) in [6, 6.07) is 10.9. The number of benzene rings is 1. The number of carbonyl (C=O) groups excluding carboxylic acids is 2. The second-order valence-electron chi connectivity index (χ2n) is 10.9. The highest BCUT2D eigenvalue weighted by Gasteiger charge is 2.41. The minimum Gasteiger partial charge on any atom is -0.351 e. The van der Waals surface area contributed by atoms with E-state index in [-0.39, 0.29) is 35.2 Å². The molecule has 1 aliphatic carbocycles. The first kappa shape index (κ1) is 24.4. The van der Waals surface area contributed by atoms with Gasteiger partial charge in [-0.25, -0.2) is 0 Å². The van der Waals surface area contributed by atoms with Crippen molar-refractivity contribution >= 4 is 17.5 Å². The SMILES string of the molecule is CC1CNC1C(=O)N(c1ccc(C(C)(C)C)cc1)C(C(=O)NC1CCCCC1)c1cccnc1. The summed E-state index contributed by atoms with van der Waals surface area (Å²) in [4.78, 5) is 33.7. The van der Waals surface area contributed by atoms with Crippen molar-refractivity contribution in [1.82, 2.24) is 15.6 Å². The molecule has 4 rings (SSSR count). The number of nitrogens with zero attached hydrogens (tertiary/aromatic N) is 2. The third kappa shape index (κ3) is 5.33. The Labute approximate surface area is 203 Å². The molecule has 3 unspecified atom stereocenters. The van der Waals surface area contributed by atoms with E-state index in [2.05, 4.69) is 55.4 Å². The molecule has 2 aromatic rings. The second kappa shape index (κ2) is 10.3. The van der Waals surface area contributed by atoms with E-state index < -0.39 is 6.04 Å².